The van der Waals surface area contributed by atoms with Gasteiger partial charge >= 0.3 is 0 Å². The fourth-order valence-corrected chi connectivity index (χ4v) is 2.32. The van der Waals surface area contributed by atoms with Crippen LogP contribution in [-0.4, -0.2) is 11.5 Å². The third kappa shape index (κ3) is 2.52. The van der Waals surface area contributed by atoms with E-state index in [1.54, 1.807) is 25.4 Å². The third-order valence-electron chi connectivity index (χ3n) is 3.00. The minimum Gasteiger partial charge on any atom is -0.330 e. The lowest BCUT2D eigenvalue weighted by molar-refractivity contribution is 0.614. The Bertz CT molecular complexity index is 543. The van der Waals surface area contributed by atoms with Crippen molar-refractivity contribution in [2.24, 2.45) is 5.73 Å². The summed E-state index contributed by atoms with van der Waals surface area (Å²) in [6, 6.07) is 6.84. The van der Waals surface area contributed by atoms with Gasteiger partial charge in [-0.15, -0.1) is 0 Å². The number of aromatic nitrogens is 1. The quantitative estimate of drug-likeness (QED) is 0.924. The molecule has 0 spiro atoms. The van der Waals surface area contributed by atoms with Crippen LogP contribution in [0.15, 0.2) is 36.7 Å². The van der Waals surface area contributed by atoms with Gasteiger partial charge in [-0.25, -0.2) is 4.39 Å². The Balaban J connectivity index is 2.49. The molecule has 18 heavy (non-hydrogen) atoms. The first kappa shape index (κ1) is 13.0. The van der Waals surface area contributed by atoms with E-state index in [4.69, 9.17) is 17.3 Å². The van der Waals surface area contributed by atoms with E-state index in [1.807, 2.05) is 12.1 Å². The SMILES string of the molecule is Cc1cc(Cl)c(C(CN)c2ccncc2)cc1F. The van der Waals surface area contributed by atoms with Crippen LogP contribution in [-0.2, 0) is 0 Å². The van der Waals surface area contributed by atoms with Crippen LogP contribution in [0.2, 0.25) is 5.02 Å². The average molecular weight is 265 g/mol. The normalized spacial score (nSPS) is 12.4. The maximum Gasteiger partial charge on any atom is 0.126 e. The predicted octanol–water partition coefficient (Wildman–Crippen LogP) is 3.27. The van der Waals surface area contributed by atoms with E-state index in [0.29, 0.717) is 22.7 Å². The van der Waals surface area contributed by atoms with Gasteiger partial charge in [0.25, 0.3) is 0 Å². The topological polar surface area (TPSA) is 38.9 Å². The van der Waals surface area contributed by atoms with E-state index in [-0.39, 0.29) is 11.7 Å². The van der Waals surface area contributed by atoms with Crippen LogP contribution in [0.5, 0.6) is 0 Å². The van der Waals surface area contributed by atoms with Gasteiger partial charge < -0.3 is 5.73 Å². The van der Waals surface area contributed by atoms with Crippen molar-refractivity contribution < 1.29 is 4.39 Å². The maximum absolute atomic E-state index is 13.7. The lowest BCUT2D eigenvalue weighted by Crippen LogP contribution is -2.14. The lowest BCUT2D eigenvalue weighted by atomic mass is 9.91. The lowest BCUT2D eigenvalue weighted by Gasteiger charge is -2.17. The van der Waals surface area contributed by atoms with Gasteiger partial charge in [-0.1, -0.05) is 11.6 Å². The standard InChI is InChI=1S/C14H14ClFN2/c1-9-6-13(15)11(7-14(9)16)12(8-17)10-2-4-18-5-3-10/h2-7,12H,8,17H2,1H3. The molecule has 1 aromatic heterocycles. The molecule has 0 saturated carbocycles. The first-order valence-electron chi connectivity index (χ1n) is 5.69. The average Bonchev–Trinajstić information content (AvgIpc) is 2.38. The van der Waals surface area contributed by atoms with E-state index in [2.05, 4.69) is 4.98 Å². The molecule has 1 unspecified atom stereocenters. The molecule has 0 bridgehead atoms. The Morgan fingerprint density at radius 1 is 1.33 bits per heavy atom. The summed E-state index contributed by atoms with van der Waals surface area (Å²) in [7, 11) is 0. The fraction of sp³-hybridized carbons (Fsp3) is 0.214. The summed E-state index contributed by atoms with van der Waals surface area (Å²) in [6.45, 7) is 2.06. The second-order valence-corrected chi connectivity index (χ2v) is 4.60. The summed E-state index contributed by atoms with van der Waals surface area (Å²) < 4.78 is 13.7. The Kier molecular flexibility index (Phi) is 3.94. The van der Waals surface area contributed by atoms with Crippen molar-refractivity contribution in [2.45, 2.75) is 12.8 Å². The number of aryl methyl sites for hydroxylation is 1. The molecule has 2 N–H and O–H groups in total. The molecule has 0 fully saturated rings. The van der Waals surface area contributed by atoms with Crippen molar-refractivity contribution in [1.82, 2.24) is 4.98 Å². The third-order valence-corrected chi connectivity index (χ3v) is 3.32. The molecule has 2 rings (SSSR count). The second kappa shape index (κ2) is 5.46. The van der Waals surface area contributed by atoms with Gasteiger partial charge in [-0.05, 0) is 47.9 Å². The summed E-state index contributed by atoms with van der Waals surface area (Å²) in [5.74, 6) is -0.377. The van der Waals surface area contributed by atoms with Gasteiger partial charge in [0.2, 0.25) is 0 Å². The van der Waals surface area contributed by atoms with Gasteiger partial charge in [-0.3, -0.25) is 4.98 Å². The van der Waals surface area contributed by atoms with Crippen LogP contribution in [0.4, 0.5) is 4.39 Å². The number of nitrogens with zero attached hydrogens (tertiary/aromatic N) is 1. The summed E-state index contributed by atoms with van der Waals surface area (Å²) in [4.78, 5) is 3.96. The van der Waals surface area contributed by atoms with E-state index in [0.717, 1.165) is 5.56 Å². The fourth-order valence-electron chi connectivity index (χ4n) is 1.97. The summed E-state index contributed by atoms with van der Waals surface area (Å²) in [5.41, 5.74) is 8.03. The number of benzene rings is 1. The van der Waals surface area contributed by atoms with Crippen molar-refractivity contribution >= 4 is 11.6 Å². The molecule has 2 nitrogen and oxygen atoms in total. The molecule has 0 saturated heterocycles. The number of rotatable bonds is 3. The number of hydrogen-bond donors (Lipinski definition) is 1. The highest BCUT2D eigenvalue weighted by molar-refractivity contribution is 6.31. The number of hydrogen-bond acceptors (Lipinski definition) is 2. The molecule has 0 aliphatic heterocycles. The first-order chi connectivity index (χ1) is 8.63. The summed E-state index contributed by atoms with van der Waals surface area (Å²) in [5, 5.41) is 0.543. The van der Waals surface area contributed by atoms with Crippen LogP contribution in [0.3, 0.4) is 0 Å². The molecule has 0 radical (unpaired) electrons. The molecular formula is C14H14ClFN2. The molecule has 0 aliphatic carbocycles. The van der Waals surface area contributed by atoms with Gasteiger partial charge in [0.15, 0.2) is 0 Å². The van der Waals surface area contributed by atoms with Crippen LogP contribution in [0.1, 0.15) is 22.6 Å². The van der Waals surface area contributed by atoms with Gasteiger partial charge in [0.1, 0.15) is 5.82 Å². The Hall–Kier alpha value is -1.45. The zero-order valence-electron chi connectivity index (χ0n) is 10.0. The van der Waals surface area contributed by atoms with Crippen molar-refractivity contribution in [3.8, 4) is 0 Å². The molecule has 0 amide bonds. The second-order valence-electron chi connectivity index (χ2n) is 4.19. The molecule has 94 valence electrons. The van der Waals surface area contributed by atoms with E-state index < -0.39 is 0 Å². The van der Waals surface area contributed by atoms with Gasteiger partial charge in [0.05, 0.1) is 0 Å². The molecular weight excluding hydrogens is 251 g/mol. The Morgan fingerprint density at radius 2 is 2.00 bits per heavy atom. The van der Waals surface area contributed by atoms with Crippen LogP contribution in [0, 0.1) is 12.7 Å². The zero-order valence-corrected chi connectivity index (χ0v) is 10.8. The predicted molar refractivity (Wildman–Crippen MR) is 71.3 cm³/mol. The smallest absolute Gasteiger partial charge is 0.126 e. The highest BCUT2D eigenvalue weighted by Crippen LogP contribution is 2.31. The molecule has 1 aromatic carbocycles. The minimum atomic E-state index is -0.262. The van der Waals surface area contributed by atoms with Crippen LogP contribution < -0.4 is 5.73 Å². The van der Waals surface area contributed by atoms with Gasteiger partial charge in [0, 0.05) is 29.9 Å². The van der Waals surface area contributed by atoms with Crippen molar-refractivity contribution in [3.05, 3.63) is 64.2 Å². The van der Waals surface area contributed by atoms with Gasteiger partial charge in [-0.2, -0.15) is 0 Å². The highest BCUT2D eigenvalue weighted by Gasteiger charge is 2.17. The van der Waals surface area contributed by atoms with E-state index in [9.17, 15) is 4.39 Å². The molecule has 4 heteroatoms. The number of nitrogens with two attached hydrogens (primary N) is 1. The van der Waals surface area contributed by atoms with Crippen molar-refractivity contribution in [3.63, 3.8) is 0 Å². The number of halogens is 2. The molecule has 2 aromatic rings. The first-order valence-corrected chi connectivity index (χ1v) is 6.06. The highest BCUT2D eigenvalue weighted by atomic mass is 35.5. The number of pyridine rings is 1. The van der Waals surface area contributed by atoms with Crippen LogP contribution in [0.25, 0.3) is 0 Å². The molecule has 1 atom stereocenters. The maximum atomic E-state index is 13.7. The Labute approximate surface area is 111 Å². The van der Waals surface area contributed by atoms with Crippen molar-refractivity contribution in [1.29, 1.82) is 0 Å². The molecule has 1 heterocycles. The van der Waals surface area contributed by atoms with E-state index in [1.165, 1.54) is 6.07 Å². The monoisotopic (exact) mass is 264 g/mol. The molecule has 0 aliphatic rings. The van der Waals surface area contributed by atoms with Crippen molar-refractivity contribution in [2.75, 3.05) is 6.54 Å². The zero-order chi connectivity index (χ0) is 13.1. The van der Waals surface area contributed by atoms with E-state index >= 15 is 0 Å². The Morgan fingerprint density at radius 3 is 2.61 bits per heavy atom. The van der Waals surface area contributed by atoms with Crippen LogP contribution >= 0.6 is 11.6 Å². The summed E-state index contributed by atoms with van der Waals surface area (Å²) >= 11 is 6.19. The minimum absolute atomic E-state index is 0.115. The largest absolute Gasteiger partial charge is 0.330 e. The summed E-state index contributed by atoms with van der Waals surface area (Å²) in [6.07, 6.45) is 3.38.